The molecule has 1 saturated carbocycles. The lowest BCUT2D eigenvalue weighted by Gasteiger charge is -2.36. The number of carbonyl (C=O) groups is 2. The van der Waals surface area contributed by atoms with Gasteiger partial charge in [-0.2, -0.15) is 13.2 Å². The van der Waals surface area contributed by atoms with Gasteiger partial charge in [0.1, 0.15) is 5.52 Å². The van der Waals surface area contributed by atoms with Gasteiger partial charge in [0.05, 0.1) is 5.52 Å². The molecule has 0 spiro atoms. The molecule has 8 nitrogen and oxygen atoms in total. The third kappa shape index (κ3) is 6.27. The van der Waals surface area contributed by atoms with Crippen molar-refractivity contribution in [3.8, 4) is 0 Å². The van der Waals surface area contributed by atoms with Crippen LogP contribution in [0.1, 0.15) is 60.6 Å². The zero-order chi connectivity index (χ0) is 26.7. The number of anilines is 1. The Balaban J connectivity index is 0.000000405. The van der Waals surface area contributed by atoms with Crippen LogP contribution < -0.4 is 5.32 Å². The smallest absolute Gasteiger partial charge is 0.475 e. The lowest BCUT2D eigenvalue weighted by molar-refractivity contribution is -0.192. The molecule has 198 valence electrons. The predicted molar refractivity (Wildman–Crippen MR) is 133 cm³/mol. The molecule has 1 aliphatic carbocycles. The molecule has 0 unspecified atom stereocenters. The second-order valence-corrected chi connectivity index (χ2v) is 9.69. The summed E-state index contributed by atoms with van der Waals surface area (Å²) >= 11 is 0. The Morgan fingerprint density at radius 3 is 2.32 bits per heavy atom. The summed E-state index contributed by atoms with van der Waals surface area (Å²) in [5.41, 5.74) is 5.94. The fourth-order valence-electron chi connectivity index (χ4n) is 4.60. The quantitative estimate of drug-likeness (QED) is 0.513. The number of fused-ring (bicyclic) bond motifs is 2. The number of hydrogen-bond acceptors (Lipinski definition) is 5. The van der Waals surface area contributed by atoms with E-state index in [1.165, 1.54) is 30.4 Å². The second-order valence-electron chi connectivity index (χ2n) is 9.69. The molecule has 2 heterocycles. The van der Waals surface area contributed by atoms with Crippen molar-refractivity contribution in [2.45, 2.75) is 64.2 Å². The summed E-state index contributed by atoms with van der Waals surface area (Å²) in [5, 5.41) is 18.6. The maximum atomic E-state index is 12.8. The fourth-order valence-corrected chi connectivity index (χ4v) is 4.60. The molecular weight excluding hydrogens is 487 g/mol. The number of aromatic nitrogens is 3. The first-order valence-corrected chi connectivity index (χ1v) is 12.3. The number of alkyl halides is 3. The van der Waals surface area contributed by atoms with Crippen molar-refractivity contribution in [2.24, 2.45) is 0 Å². The van der Waals surface area contributed by atoms with Gasteiger partial charge in [-0.05, 0) is 81.0 Å². The number of carboxylic acid groups (broad SMARTS) is 1. The summed E-state index contributed by atoms with van der Waals surface area (Å²) in [6.07, 6.45) is 1.16. The van der Waals surface area contributed by atoms with Crippen LogP contribution in [0.15, 0.2) is 36.4 Å². The van der Waals surface area contributed by atoms with Crippen LogP contribution in [0, 0.1) is 0 Å². The van der Waals surface area contributed by atoms with Gasteiger partial charge in [0, 0.05) is 36.4 Å². The largest absolute Gasteiger partial charge is 0.490 e. The number of nitrogens with one attached hydrogen (secondary N) is 1. The van der Waals surface area contributed by atoms with Gasteiger partial charge in [0.25, 0.3) is 5.91 Å². The van der Waals surface area contributed by atoms with Crippen LogP contribution in [0.25, 0.3) is 11.0 Å². The summed E-state index contributed by atoms with van der Waals surface area (Å²) in [6, 6.07) is 13.0. The molecule has 2 aliphatic rings. The first-order valence-electron chi connectivity index (χ1n) is 12.3. The Labute approximate surface area is 212 Å². The van der Waals surface area contributed by atoms with Gasteiger partial charge in [0.15, 0.2) is 0 Å². The molecule has 0 bridgehead atoms. The number of nitrogens with zero attached hydrogens (tertiary/aromatic N) is 4. The van der Waals surface area contributed by atoms with Crippen molar-refractivity contribution in [1.82, 2.24) is 19.9 Å². The lowest BCUT2D eigenvalue weighted by atomic mass is 9.91. The Hall–Kier alpha value is -3.47. The van der Waals surface area contributed by atoms with E-state index in [-0.39, 0.29) is 11.9 Å². The Bertz CT molecular complexity index is 1280. The highest BCUT2D eigenvalue weighted by atomic mass is 19.4. The second kappa shape index (κ2) is 10.9. The molecular formula is C26H30F3N5O3. The van der Waals surface area contributed by atoms with Crippen LogP contribution in [-0.2, 0) is 17.6 Å². The molecule has 1 aliphatic heterocycles. The maximum absolute atomic E-state index is 12.8. The highest BCUT2D eigenvalue weighted by Gasteiger charge is 2.38. The topological polar surface area (TPSA) is 100 Å². The van der Waals surface area contributed by atoms with Gasteiger partial charge >= 0.3 is 12.1 Å². The van der Waals surface area contributed by atoms with Crippen molar-refractivity contribution in [1.29, 1.82) is 0 Å². The Kier molecular flexibility index (Phi) is 7.82. The van der Waals surface area contributed by atoms with Gasteiger partial charge in [0.2, 0.25) is 0 Å². The van der Waals surface area contributed by atoms with E-state index in [9.17, 15) is 18.0 Å². The van der Waals surface area contributed by atoms with Crippen LogP contribution in [-0.4, -0.2) is 62.2 Å². The summed E-state index contributed by atoms with van der Waals surface area (Å²) in [6.45, 7) is 6.41. The molecule has 2 N–H and O–H groups in total. The van der Waals surface area contributed by atoms with Crippen molar-refractivity contribution in [3.63, 3.8) is 0 Å². The van der Waals surface area contributed by atoms with Crippen LogP contribution in [0.5, 0.6) is 0 Å². The first-order chi connectivity index (χ1) is 17.5. The molecule has 2 aromatic carbocycles. The number of carbonyl (C=O) groups excluding carboxylic acids is 1. The van der Waals surface area contributed by atoms with E-state index in [1.807, 2.05) is 28.9 Å². The molecule has 11 heteroatoms. The van der Waals surface area contributed by atoms with Gasteiger partial charge in [-0.1, -0.05) is 17.7 Å². The van der Waals surface area contributed by atoms with Crippen LogP contribution >= 0.6 is 0 Å². The number of benzene rings is 2. The molecule has 1 amide bonds. The fraction of sp³-hybridized carbons (Fsp3) is 0.462. The van der Waals surface area contributed by atoms with Crippen LogP contribution in [0.4, 0.5) is 18.9 Å². The minimum absolute atomic E-state index is 0.110. The average molecular weight is 518 g/mol. The number of rotatable bonds is 4. The third-order valence-electron chi connectivity index (χ3n) is 6.86. The number of aliphatic carboxylic acids is 1. The molecule has 1 fully saturated rings. The Morgan fingerprint density at radius 1 is 1.05 bits per heavy atom. The van der Waals surface area contributed by atoms with E-state index in [2.05, 4.69) is 46.5 Å². The predicted octanol–water partition coefficient (Wildman–Crippen LogP) is 4.85. The highest BCUT2D eigenvalue weighted by molar-refractivity contribution is 6.06. The van der Waals surface area contributed by atoms with E-state index < -0.39 is 12.1 Å². The minimum atomic E-state index is -5.08. The number of carboxylic acids is 1. The molecule has 3 aromatic rings. The summed E-state index contributed by atoms with van der Waals surface area (Å²) in [5.74, 6) is -2.87. The van der Waals surface area contributed by atoms with Crippen molar-refractivity contribution in [2.75, 3.05) is 18.4 Å². The summed E-state index contributed by atoms with van der Waals surface area (Å²) in [7, 11) is 0. The van der Waals surface area contributed by atoms with Crippen molar-refractivity contribution < 1.29 is 27.9 Å². The SMILES string of the molecule is CC(C)n1nnc2cc(C(=O)Nc3ccc4c(c3)CCN(C3CCC3)CC4)ccc21.O=C(O)C(F)(F)F. The van der Waals surface area contributed by atoms with Gasteiger partial charge in [-0.25, -0.2) is 9.48 Å². The van der Waals surface area contributed by atoms with Gasteiger partial charge in [-0.15, -0.1) is 5.10 Å². The van der Waals surface area contributed by atoms with E-state index >= 15 is 0 Å². The van der Waals surface area contributed by atoms with E-state index in [1.54, 1.807) is 0 Å². The number of amides is 1. The standard InChI is InChI=1S/C24H29N5O.C2HF3O2/c1-16(2)29-23-9-7-19(15-22(23)26-27-29)24(30)25-20-8-6-17-10-12-28(21-4-3-5-21)13-11-18(17)14-20;3-2(4,5)1(6)7/h6-9,14-16,21H,3-5,10-13H2,1-2H3,(H,25,30);(H,6,7). The molecule has 1 aromatic heterocycles. The maximum Gasteiger partial charge on any atom is 0.490 e. The zero-order valence-electron chi connectivity index (χ0n) is 20.8. The molecule has 0 radical (unpaired) electrons. The van der Waals surface area contributed by atoms with Gasteiger partial charge < -0.3 is 10.4 Å². The van der Waals surface area contributed by atoms with Crippen LogP contribution in [0.3, 0.4) is 0 Å². The number of hydrogen-bond donors (Lipinski definition) is 2. The Morgan fingerprint density at radius 2 is 1.73 bits per heavy atom. The summed E-state index contributed by atoms with van der Waals surface area (Å²) in [4.78, 5) is 24.4. The average Bonchev–Trinajstić information content (AvgIpc) is 3.13. The molecule has 37 heavy (non-hydrogen) atoms. The number of halogens is 3. The zero-order valence-corrected chi connectivity index (χ0v) is 20.8. The third-order valence-corrected chi connectivity index (χ3v) is 6.86. The normalized spacial score (nSPS) is 16.4. The van der Waals surface area contributed by atoms with Crippen molar-refractivity contribution >= 4 is 28.6 Å². The first kappa shape index (κ1) is 26.6. The van der Waals surface area contributed by atoms with E-state index in [4.69, 9.17) is 9.90 Å². The molecule has 5 rings (SSSR count). The monoisotopic (exact) mass is 517 g/mol. The highest BCUT2D eigenvalue weighted by Crippen LogP contribution is 2.28. The molecule has 0 saturated heterocycles. The minimum Gasteiger partial charge on any atom is -0.475 e. The lowest BCUT2D eigenvalue weighted by Crippen LogP contribution is -2.41. The van der Waals surface area contributed by atoms with E-state index in [0.29, 0.717) is 5.56 Å². The van der Waals surface area contributed by atoms with Crippen LogP contribution in [0.2, 0.25) is 0 Å². The molecule has 0 atom stereocenters. The van der Waals surface area contributed by atoms with Gasteiger partial charge in [-0.3, -0.25) is 9.69 Å². The van der Waals surface area contributed by atoms with Crippen molar-refractivity contribution in [3.05, 3.63) is 53.1 Å². The summed E-state index contributed by atoms with van der Waals surface area (Å²) < 4.78 is 33.6. The van der Waals surface area contributed by atoms with E-state index in [0.717, 1.165) is 48.7 Å².